The molecule has 0 aliphatic carbocycles. The topological polar surface area (TPSA) is 77.2 Å². The summed E-state index contributed by atoms with van der Waals surface area (Å²) < 4.78 is 11.2. The first kappa shape index (κ1) is 17.2. The maximum atomic E-state index is 6.02. The predicted octanol–water partition coefficient (Wildman–Crippen LogP) is 3.34. The average Bonchev–Trinajstić information content (AvgIpc) is 3.06. The number of anilines is 1. The number of rotatable bonds is 2. The van der Waals surface area contributed by atoms with E-state index in [9.17, 15) is 0 Å². The summed E-state index contributed by atoms with van der Waals surface area (Å²) in [6.45, 7) is 6.07. The number of para-hydroxylation sites is 1. The number of hydrogen-bond donors (Lipinski definition) is 0. The van der Waals surface area contributed by atoms with Crippen LogP contribution in [0.1, 0.15) is 53.1 Å². The minimum atomic E-state index is 0.256. The second-order valence-corrected chi connectivity index (χ2v) is 7.55. The summed E-state index contributed by atoms with van der Waals surface area (Å²) >= 11 is 0. The van der Waals surface area contributed by atoms with Crippen molar-refractivity contribution < 1.29 is 9.26 Å². The van der Waals surface area contributed by atoms with Crippen LogP contribution in [0.4, 0.5) is 5.82 Å². The number of fused-ring (bicyclic) bond motifs is 2. The lowest BCUT2D eigenvalue weighted by Crippen LogP contribution is -2.36. The number of nitrogens with zero attached hydrogens (tertiary/aromatic N) is 5. The first-order chi connectivity index (χ1) is 13.7. The van der Waals surface area contributed by atoms with Gasteiger partial charge in [0.15, 0.2) is 5.82 Å². The van der Waals surface area contributed by atoms with Gasteiger partial charge in [0.2, 0.25) is 5.89 Å². The Balaban J connectivity index is 1.51. The summed E-state index contributed by atoms with van der Waals surface area (Å²) in [5.74, 6) is 4.41. The highest BCUT2D eigenvalue weighted by Gasteiger charge is 2.29. The first-order valence-corrected chi connectivity index (χ1v) is 9.79. The van der Waals surface area contributed by atoms with Crippen LogP contribution in [0, 0.1) is 13.8 Å². The molecule has 0 amide bonds. The lowest BCUT2D eigenvalue weighted by atomic mass is 9.96. The van der Waals surface area contributed by atoms with Crippen molar-refractivity contribution in [1.82, 2.24) is 20.1 Å². The zero-order valence-corrected chi connectivity index (χ0v) is 16.2. The van der Waals surface area contributed by atoms with Crippen molar-refractivity contribution in [3.63, 3.8) is 0 Å². The fourth-order valence-corrected chi connectivity index (χ4v) is 4.19. The largest absolute Gasteiger partial charge is 0.487 e. The average molecular weight is 377 g/mol. The SMILES string of the molecule is Cc1nc2c(c(N3CCCC(c4noc(C)n4)C3)n1)Cc1ccccc1OC2. The Labute approximate surface area is 163 Å². The van der Waals surface area contributed by atoms with Gasteiger partial charge in [0, 0.05) is 37.9 Å². The highest BCUT2D eigenvalue weighted by atomic mass is 16.5. The second-order valence-electron chi connectivity index (χ2n) is 7.55. The number of hydrogen-bond acceptors (Lipinski definition) is 7. The molecule has 2 aliphatic rings. The van der Waals surface area contributed by atoms with Crippen LogP contribution in [-0.2, 0) is 13.0 Å². The second kappa shape index (κ2) is 6.89. The van der Waals surface area contributed by atoms with Gasteiger partial charge in [-0.15, -0.1) is 0 Å². The fourth-order valence-electron chi connectivity index (χ4n) is 4.19. The molecule has 4 heterocycles. The molecule has 1 fully saturated rings. The lowest BCUT2D eigenvalue weighted by molar-refractivity contribution is 0.301. The van der Waals surface area contributed by atoms with Gasteiger partial charge < -0.3 is 14.2 Å². The van der Waals surface area contributed by atoms with Gasteiger partial charge in [-0.1, -0.05) is 23.4 Å². The molecule has 0 radical (unpaired) electrons. The van der Waals surface area contributed by atoms with E-state index in [1.807, 2.05) is 26.0 Å². The normalized spacial score (nSPS) is 18.8. The van der Waals surface area contributed by atoms with Crippen LogP contribution < -0.4 is 9.64 Å². The van der Waals surface area contributed by atoms with Crippen molar-refractivity contribution in [3.8, 4) is 5.75 Å². The molecule has 1 aromatic carbocycles. The third-order valence-corrected chi connectivity index (χ3v) is 5.52. The molecule has 5 rings (SSSR count). The van der Waals surface area contributed by atoms with Crippen LogP contribution in [0.15, 0.2) is 28.8 Å². The zero-order chi connectivity index (χ0) is 19.1. The highest BCUT2D eigenvalue weighted by molar-refractivity contribution is 5.54. The molecule has 0 N–H and O–H groups in total. The lowest BCUT2D eigenvalue weighted by Gasteiger charge is -2.33. The maximum absolute atomic E-state index is 6.02. The number of benzene rings is 1. The number of piperidine rings is 1. The molecular formula is C21H23N5O2. The van der Waals surface area contributed by atoms with Crippen molar-refractivity contribution >= 4 is 5.82 Å². The van der Waals surface area contributed by atoms with E-state index in [1.165, 1.54) is 11.1 Å². The van der Waals surface area contributed by atoms with Gasteiger partial charge in [0.1, 0.15) is 24.0 Å². The number of aromatic nitrogens is 4. The fraction of sp³-hybridized carbons (Fsp3) is 0.429. The summed E-state index contributed by atoms with van der Waals surface area (Å²) in [4.78, 5) is 16.4. The quantitative estimate of drug-likeness (QED) is 0.678. The molecule has 144 valence electrons. The van der Waals surface area contributed by atoms with E-state index in [4.69, 9.17) is 19.2 Å². The molecule has 7 nitrogen and oxygen atoms in total. The Bertz CT molecular complexity index is 1020. The summed E-state index contributed by atoms with van der Waals surface area (Å²) in [5.41, 5.74) is 3.33. The summed E-state index contributed by atoms with van der Waals surface area (Å²) in [6, 6.07) is 8.21. The smallest absolute Gasteiger partial charge is 0.223 e. The van der Waals surface area contributed by atoms with Gasteiger partial charge in [-0.3, -0.25) is 0 Å². The molecule has 2 aliphatic heterocycles. The Morgan fingerprint density at radius 3 is 2.86 bits per heavy atom. The van der Waals surface area contributed by atoms with Gasteiger partial charge in [-0.25, -0.2) is 9.97 Å². The van der Waals surface area contributed by atoms with Crippen molar-refractivity contribution in [2.24, 2.45) is 0 Å². The van der Waals surface area contributed by atoms with E-state index >= 15 is 0 Å². The zero-order valence-electron chi connectivity index (χ0n) is 16.2. The van der Waals surface area contributed by atoms with E-state index in [2.05, 4.69) is 27.2 Å². The van der Waals surface area contributed by atoms with Crippen LogP contribution in [0.25, 0.3) is 0 Å². The van der Waals surface area contributed by atoms with Gasteiger partial charge in [-0.2, -0.15) is 4.98 Å². The van der Waals surface area contributed by atoms with Crippen LogP contribution in [0.2, 0.25) is 0 Å². The molecule has 7 heteroatoms. The molecular weight excluding hydrogens is 354 g/mol. The monoisotopic (exact) mass is 377 g/mol. The van der Waals surface area contributed by atoms with E-state index in [-0.39, 0.29) is 5.92 Å². The summed E-state index contributed by atoms with van der Waals surface area (Å²) in [6.07, 6.45) is 2.92. The van der Waals surface area contributed by atoms with Crippen LogP contribution in [-0.4, -0.2) is 33.2 Å². The molecule has 28 heavy (non-hydrogen) atoms. The minimum absolute atomic E-state index is 0.256. The highest BCUT2D eigenvalue weighted by Crippen LogP contribution is 2.35. The molecule has 1 atom stereocenters. The number of aryl methyl sites for hydroxylation is 2. The van der Waals surface area contributed by atoms with Crippen molar-refractivity contribution in [2.45, 2.75) is 45.6 Å². The summed E-state index contributed by atoms with van der Waals surface area (Å²) in [5, 5.41) is 4.15. The van der Waals surface area contributed by atoms with Crippen molar-refractivity contribution in [3.05, 3.63) is 58.6 Å². The van der Waals surface area contributed by atoms with Crippen molar-refractivity contribution in [2.75, 3.05) is 18.0 Å². The van der Waals surface area contributed by atoms with E-state index < -0.39 is 0 Å². The Morgan fingerprint density at radius 2 is 2.00 bits per heavy atom. The molecule has 3 aromatic rings. The standard InChI is InChI=1S/C21H23N5O2/c1-13-22-18-12-27-19-8-4-3-6-15(19)10-17(18)21(23-13)26-9-5-7-16(11-26)20-24-14(2)28-25-20/h3-4,6,8,16H,5,7,9-12H2,1-2H3. The predicted molar refractivity (Wildman–Crippen MR) is 104 cm³/mol. The summed E-state index contributed by atoms with van der Waals surface area (Å²) in [7, 11) is 0. The van der Waals surface area contributed by atoms with E-state index in [0.717, 1.165) is 61.3 Å². The third-order valence-electron chi connectivity index (χ3n) is 5.52. The molecule has 2 aromatic heterocycles. The van der Waals surface area contributed by atoms with Crippen molar-refractivity contribution in [1.29, 1.82) is 0 Å². The van der Waals surface area contributed by atoms with Crippen LogP contribution in [0.3, 0.4) is 0 Å². The van der Waals surface area contributed by atoms with Gasteiger partial charge in [-0.05, 0) is 31.4 Å². The van der Waals surface area contributed by atoms with Crippen LogP contribution in [0.5, 0.6) is 5.75 Å². The van der Waals surface area contributed by atoms with E-state index in [1.54, 1.807) is 0 Å². The molecule has 1 unspecified atom stereocenters. The molecule has 0 saturated carbocycles. The first-order valence-electron chi connectivity index (χ1n) is 9.79. The van der Waals surface area contributed by atoms with Crippen LogP contribution >= 0.6 is 0 Å². The van der Waals surface area contributed by atoms with Gasteiger partial charge in [0.05, 0.1) is 5.69 Å². The Hall–Kier alpha value is -2.96. The molecule has 0 spiro atoms. The molecule has 1 saturated heterocycles. The minimum Gasteiger partial charge on any atom is -0.487 e. The number of ether oxygens (including phenoxy) is 1. The molecule has 0 bridgehead atoms. The Kier molecular flexibility index (Phi) is 4.22. The third kappa shape index (κ3) is 3.10. The Morgan fingerprint density at radius 1 is 1.11 bits per heavy atom. The maximum Gasteiger partial charge on any atom is 0.223 e. The van der Waals surface area contributed by atoms with Gasteiger partial charge >= 0.3 is 0 Å². The van der Waals surface area contributed by atoms with E-state index in [0.29, 0.717) is 12.5 Å². The van der Waals surface area contributed by atoms with Gasteiger partial charge in [0.25, 0.3) is 0 Å².